The average molecular weight is 365 g/mol. The van der Waals surface area contributed by atoms with Gasteiger partial charge in [0, 0.05) is 5.92 Å². The first kappa shape index (κ1) is 19.2. The Morgan fingerprint density at radius 2 is 1.80 bits per heavy atom. The lowest BCUT2D eigenvalue weighted by atomic mass is 10.2. The molecule has 1 N–H and O–H groups in total. The number of aliphatic hydroxyl groups is 1. The molecule has 3 rings (SSSR count). The molecule has 25 heavy (non-hydrogen) atoms. The molecule has 0 radical (unpaired) electrons. The number of aliphatic hydroxyl groups excluding tert-OH is 1. The molecule has 0 aliphatic heterocycles. The van der Waals surface area contributed by atoms with Crippen molar-refractivity contribution in [1.29, 1.82) is 0 Å². The van der Waals surface area contributed by atoms with Crippen molar-refractivity contribution in [3.05, 3.63) is 60.2 Å². The van der Waals surface area contributed by atoms with Gasteiger partial charge in [-0.1, -0.05) is 26.0 Å². The largest absolute Gasteiger partial charge is 0.491 e. The summed E-state index contributed by atoms with van der Waals surface area (Å²) in [6.45, 7) is 4.70. The van der Waals surface area contributed by atoms with Crippen LogP contribution in [0.4, 0.5) is 4.39 Å². The van der Waals surface area contributed by atoms with Crippen molar-refractivity contribution >= 4 is 23.4 Å². The summed E-state index contributed by atoms with van der Waals surface area (Å²) in [4.78, 5) is 4.66. The molecule has 1 atom stereocenters. The van der Waals surface area contributed by atoms with Crippen LogP contribution in [0.15, 0.2) is 48.5 Å². The van der Waals surface area contributed by atoms with Gasteiger partial charge in [-0.2, -0.15) is 0 Å². The second-order valence-corrected chi connectivity index (χ2v) is 6.14. The second-order valence-electron chi connectivity index (χ2n) is 6.14. The summed E-state index contributed by atoms with van der Waals surface area (Å²) < 4.78 is 20.5. The Balaban J connectivity index is 0.00000225. The molecule has 0 bridgehead atoms. The molecule has 3 aromatic rings. The zero-order valence-corrected chi connectivity index (χ0v) is 15.0. The van der Waals surface area contributed by atoms with E-state index in [2.05, 4.69) is 18.8 Å². The van der Waals surface area contributed by atoms with Gasteiger partial charge in [0.05, 0.1) is 17.6 Å². The van der Waals surface area contributed by atoms with Gasteiger partial charge in [0.15, 0.2) is 0 Å². The van der Waals surface area contributed by atoms with Crippen molar-refractivity contribution in [3.63, 3.8) is 0 Å². The summed E-state index contributed by atoms with van der Waals surface area (Å²) in [6, 6.07) is 13.7. The number of imidazole rings is 1. The molecule has 134 valence electrons. The molecule has 0 aliphatic carbocycles. The lowest BCUT2D eigenvalue weighted by molar-refractivity contribution is 0.0925. The summed E-state index contributed by atoms with van der Waals surface area (Å²) >= 11 is 0. The Hall–Kier alpha value is -2.11. The van der Waals surface area contributed by atoms with E-state index in [0.29, 0.717) is 12.3 Å². The van der Waals surface area contributed by atoms with Gasteiger partial charge < -0.3 is 14.4 Å². The highest BCUT2D eigenvalue weighted by Gasteiger charge is 2.16. The number of hydrogen-bond acceptors (Lipinski definition) is 3. The van der Waals surface area contributed by atoms with E-state index in [-0.39, 0.29) is 30.7 Å². The fourth-order valence-electron chi connectivity index (χ4n) is 2.71. The maximum Gasteiger partial charge on any atom is 0.123 e. The van der Waals surface area contributed by atoms with Gasteiger partial charge in [-0.05, 0) is 36.4 Å². The molecule has 2 aromatic carbocycles. The van der Waals surface area contributed by atoms with Gasteiger partial charge in [-0.3, -0.25) is 0 Å². The van der Waals surface area contributed by atoms with Gasteiger partial charge >= 0.3 is 0 Å². The Labute approximate surface area is 152 Å². The minimum atomic E-state index is -0.690. The molecule has 0 spiro atoms. The molecular formula is C19H22ClFN2O2. The van der Waals surface area contributed by atoms with E-state index in [1.54, 1.807) is 12.1 Å². The van der Waals surface area contributed by atoms with Crippen molar-refractivity contribution in [2.45, 2.75) is 32.4 Å². The summed E-state index contributed by atoms with van der Waals surface area (Å²) in [7, 11) is 0. The SMILES string of the molecule is CC(C)c1nc2ccccc2n1CC(O)COc1ccc(F)cc1.Cl. The molecule has 0 fully saturated rings. The second kappa shape index (κ2) is 8.32. The third kappa shape index (κ3) is 4.50. The highest BCUT2D eigenvalue weighted by atomic mass is 35.5. The number of nitrogens with zero attached hydrogens (tertiary/aromatic N) is 2. The van der Waals surface area contributed by atoms with Crippen LogP contribution in [0, 0.1) is 5.82 Å². The van der Waals surface area contributed by atoms with Crippen LogP contribution in [0.3, 0.4) is 0 Å². The summed E-state index contributed by atoms with van der Waals surface area (Å²) in [5.41, 5.74) is 1.93. The van der Waals surface area contributed by atoms with Crippen molar-refractivity contribution in [2.24, 2.45) is 0 Å². The van der Waals surface area contributed by atoms with E-state index in [0.717, 1.165) is 16.9 Å². The fourth-order valence-corrected chi connectivity index (χ4v) is 2.71. The Bertz CT molecular complexity index is 818. The quantitative estimate of drug-likeness (QED) is 0.714. The zero-order chi connectivity index (χ0) is 17.1. The maximum atomic E-state index is 12.9. The Morgan fingerprint density at radius 3 is 2.48 bits per heavy atom. The fraction of sp³-hybridized carbons (Fsp3) is 0.316. The first-order chi connectivity index (χ1) is 11.5. The molecule has 0 amide bonds. The van der Waals surface area contributed by atoms with Crippen molar-refractivity contribution in [1.82, 2.24) is 9.55 Å². The Morgan fingerprint density at radius 1 is 1.12 bits per heavy atom. The summed E-state index contributed by atoms with van der Waals surface area (Å²) in [5.74, 6) is 1.42. The number of hydrogen-bond donors (Lipinski definition) is 1. The molecule has 1 aromatic heterocycles. The number of rotatable bonds is 6. The van der Waals surface area contributed by atoms with Crippen molar-refractivity contribution in [3.8, 4) is 5.75 Å². The molecule has 1 unspecified atom stereocenters. The van der Waals surface area contributed by atoms with Crippen LogP contribution in [0.2, 0.25) is 0 Å². The smallest absolute Gasteiger partial charge is 0.123 e. The van der Waals surface area contributed by atoms with E-state index in [9.17, 15) is 9.50 Å². The van der Waals surface area contributed by atoms with Crippen molar-refractivity contribution < 1.29 is 14.2 Å². The van der Waals surface area contributed by atoms with Gasteiger partial charge in [0.1, 0.15) is 30.1 Å². The lowest BCUT2D eigenvalue weighted by Crippen LogP contribution is -2.24. The molecule has 0 saturated carbocycles. The highest BCUT2D eigenvalue weighted by Crippen LogP contribution is 2.22. The van der Waals surface area contributed by atoms with Gasteiger partial charge in [0.25, 0.3) is 0 Å². The van der Waals surface area contributed by atoms with Crippen LogP contribution in [0.25, 0.3) is 11.0 Å². The molecule has 4 nitrogen and oxygen atoms in total. The molecule has 0 aliphatic rings. The van der Waals surface area contributed by atoms with Crippen LogP contribution < -0.4 is 4.74 Å². The number of para-hydroxylation sites is 2. The van der Waals surface area contributed by atoms with Crippen LogP contribution in [-0.4, -0.2) is 27.4 Å². The monoisotopic (exact) mass is 364 g/mol. The highest BCUT2D eigenvalue weighted by molar-refractivity contribution is 5.85. The maximum absolute atomic E-state index is 12.9. The summed E-state index contributed by atoms with van der Waals surface area (Å²) in [5, 5.41) is 10.4. The van der Waals surface area contributed by atoms with E-state index in [1.165, 1.54) is 12.1 Å². The van der Waals surface area contributed by atoms with E-state index in [1.807, 2.05) is 28.8 Å². The first-order valence-corrected chi connectivity index (χ1v) is 8.06. The van der Waals surface area contributed by atoms with Gasteiger partial charge in [-0.15, -0.1) is 12.4 Å². The number of halogens is 2. The summed E-state index contributed by atoms with van der Waals surface area (Å²) in [6.07, 6.45) is -0.690. The molecule has 1 heterocycles. The standard InChI is InChI=1S/C19H21FN2O2.ClH/c1-13(2)19-21-17-5-3-4-6-18(17)22(19)11-15(23)12-24-16-9-7-14(20)8-10-16;/h3-10,13,15,23H,11-12H2,1-2H3;1H. The van der Waals surface area contributed by atoms with E-state index >= 15 is 0 Å². The van der Waals surface area contributed by atoms with E-state index < -0.39 is 6.10 Å². The van der Waals surface area contributed by atoms with E-state index in [4.69, 9.17) is 4.74 Å². The average Bonchev–Trinajstić information content (AvgIpc) is 2.93. The normalized spacial score (nSPS) is 12.2. The third-order valence-corrected chi connectivity index (χ3v) is 3.85. The molecule has 6 heteroatoms. The van der Waals surface area contributed by atoms with Gasteiger partial charge in [-0.25, -0.2) is 9.37 Å². The van der Waals surface area contributed by atoms with Gasteiger partial charge in [0.2, 0.25) is 0 Å². The predicted octanol–water partition coefficient (Wildman–Crippen LogP) is 4.16. The topological polar surface area (TPSA) is 47.3 Å². The van der Waals surface area contributed by atoms with Crippen LogP contribution in [-0.2, 0) is 6.54 Å². The van der Waals surface area contributed by atoms with Crippen LogP contribution in [0.5, 0.6) is 5.75 Å². The minimum Gasteiger partial charge on any atom is -0.491 e. The zero-order valence-electron chi connectivity index (χ0n) is 14.2. The van der Waals surface area contributed by atoms with Crippen LogP contribution in [0.1, 0.15) is 25.6 Å². The number of benzene rings is 2. The third-order valence-electron chi connectivity index (χ3n) is 3.85. The van der Waals surface area contributed by atoms with Crippen LogP contribution >= 0.6 is 12.4 Å². The number of ether oxygens (including phenoxy) is 1. The van der Waals surface area contributed by atoms with Crippen molar-refractivity contribution in [2.75, 3.05) is 6.61 Å². The predicted molar refractivity (Wildman–Crippen MR) is 99.0 cm³/mol. The molecular weight excluding hydrogens is 343 g/mol. The minimum absolute atomic E-state index is 0. The Kier molecular flexibility index (Phi) is 6.39. The lowest BCUT2D eigenvalue weighted by Gasteiger charge is -2.17. The first-order valence-electron chi connectivity index (χ1n) is 8.06. The number of fused-ring (bicyclic) bond motifs is 1. The number of aromatic nitrogens is 2. The molecule has 0 saturated heterocycles.